The normalized spacial score (nSPS) is 11.6. The Morgan fingerprint density at radius 3 is 2.03 bits per heavy atom. The van der Waals surface area contributed by atoms with Crippen LogP contribution in [0.5, 0.6) is 0 Å². The van der Waals surface area contributed by atoms with Crippen LogP contribution in [0.4, 0.5) is 0 Å². The van der Waals surface area contributed by atoms with Crippen LogP contribution >= 0.6 is 0 Å². The van der Waals surface area contributed by atoms with Gasteiger partial charge in [-0.05, 0) is 40.1 Å². The first kappa shape index (κ1) is 21.8. The van der Waals surface area contributed by atoms with Gasteiger partial charge in [0.25, 0.3) is 0 Å². The molecule has 0 saturated carbocycles. The van der Waals surface area contributed by atoms with Crippen molar-refractivity contribution < 1.29 is 0 Å². The topological polar surface area (TPSA) is 30.2 Å². The lowest BCUT2D eigenvalue weighted by atomic mass is 9.94. The Labute approximate surface area is 225 Å². The van der Waals surface area contributed by atoms with Crippen LogP contribution < -0.4 is 0 Å². The maximum Gasteiger partial charge on any atom is 0.137 e. The SMILES string of the molecule is c1ccc(-c2cn3cc(-c4ccc(-c5nc6ccccc6c6c5ccc5ccccc56)cc4)ccc3n2)cc1. The number of nitrogens with zero attached hydrogens (tertiary/aromatic N) is 3. The van der Waals surface area contributed by atoms with Gasteiger partial charge in [0.2, 0.25) is 0 Å². The van der Waals surface area contributed by atoms with Crippen molar-refractivity contribution in [3.8, 4) is 33.6 Å². The average molecular weight is 498 g/mol. The second kappa shape index (κ2) is 8.64. The zero-order chi connectivity index (χ0) is 25.8. The maximum absolute atomic E-state index is 5.14. The van der Waals surface area contributed by atoms with Gasteiger partial charge in [-0.15, -0.1) is 0 Å². The first-order valence-electron chi connectivity index (χ1n) is 13.2. The molecular formula is C36H23N3. The molecule has 0 aliphatic heterocycles. The van der Waals surface area contributed by atoms with Crippen molar-refractivity contribution in [2.75, 3.05) is 0 Å². The number of hydrogen-bond donors (Lipinski definition) is 0. The lowest BCUT2D eigenvalue weighted by molar-refractivity contribution is 1.19. The highest BCUT2D eigenvalue weighted by atomic mass is 15.0. The molecule has 3 heterocycles. The van der Waals surface area contributed by atoms with Crippen LogP contribution in [-0.2, 0) is 0 Å². The van der Waals surface area contributed by atoms with Crippen molar-refractivity contribution in [2.24, 2.45) is 0 Å². The monoisotopic (exact) mass is 497 g/mol. The summed E-state index contributed by atoms with van der Waals surface area (Å²) in [6, 6.07) is 44.8. The van der Waals surface area contributed by atoms with E-state index in [1.54, 1.807) is 0 Å². The minimum Gasteiger partial charge on any atom is -0.306 e. The molecule has 182 valence electrons. The predicted octanol–water partition coefficient (Wildman–Crippen LogP) is 9.19. The van der Waals surface area contributed by atoms with E-state index in [1.165, 1.54) is 26.9 Å². The Kier molecular flexibility index (Phi) is 4.82. The highest BCUT2D eigenvalue weighted by Gasteiger charge is 2.13. The fraction of sp³-hybridized carbons (Fsp3) is 0. The van der Waals surface area contributed by atoms with E-state index in [0.717, 1.165) is 44.8 Å². The first-order chi connectivity index (χ1) is 19.3. The summed E-state index contributed by atoms with van der Waals surface area (Å²) < 4.78 is 2.11. The van der Waals surface area contributed by atoms with Crippen LogP contribution in [0.15, 0.2) is 140 Å². The molecule has 3 heteroatoms. The maximum atomic E-state index is 5.14. The Hall–Kier alpha value is -5.28. The lowest BCUT2D eigenvalue weighted by Gasteiger charge is -2.13. The molecule has 0 amide bonds. The summed E-state index contributed by atoms with van der Waals surface area (Å²) >= 11 is 0. The number of benzene rings is 5. The molecule has 0 spiro atoms. The van der Waals surface area contributed by atoms with Crippen molar-refractivity contribution in [1.82, 2.24) is 14.4 Å². The molecule has 0 fully saturated rings. The quantitative estimate of drug-likeness (QED) is 0.228. The molecule has 5 aromatic carbocycles. The van der Waals surface area contributed by atoms with Gasteiger partial charge in [-0.3, -0.25) is 0 Å². The Balaban J connectivity index is 1.24. The fourth-order valence-electron chi connectivity index (χ4n) is 5.67. The molecule has 0 radical (unpaired) electrons. The lowest BCUT2D eigenvalue weighted by Crippen LogP contribution is -1.91. The van der Waals surface area contributed by atoms with Crippen molar-refractivity contribution in [3.05, 3.63) is 140 Å². The van der Waals surface area contributed by atoms with Crippen molar-refractivity contribution >= 4 is 38.1 Å². The molecule has 3 nitrogen and oxygen atoms in total. The van der Waals surface area contributed by atoms with E-state index in [9.17, 15) is 0 Å². The van der Waals surface area contributed by atoms with Crippen LogP contribution in [0.3, 0.4) is 0 Å². The Morgan fingerprint density at radius 1 is 0.436 bits per heavy atom. The van der Waals surface area contributed by atoms with E-state index in [2.05, 4.69) is 126 Å². The molecular weight excluding hydrogens is 474 g/mol. The molecule has 0 unspecified atom stereocenters. The van der Waals surface area contributed by atoms with Gasteiger partial charge in [0, 0.05) is 39.7 Å². The molecule has 0 N–H and O–H groups in total. The second-order valence-corrected chi connectivity index (χ2v) is 9.94. The molecule has 39 heavy (non-hydrogen) atoms. The molecule has 0 atom stereocenters. The summed E-state index contributed by atoms with van der Waals surface area (Å²) in [7, 11) is 0. The minimum atomic E-state index is 0.938. The minimum absolute atomic E-state index is 0.938. The number of fused-ring (bicyclic) bond motifs is 6. The van der Waals surface area contributed by atoms with Crippen molar-refractivity contribution in [1.29, 1.82) is 0 Å². The zero-order valence-corrected chi connectivity index (χ0v) is 21.1. The van der Waals surface area contributed by atoms with Gasteiger partial charge >= 0.3 is 0 Å². The summed E-state index contributed by atoms with van der Waals surface area (Å²) in [6.07, 6.45) is 4.25. The molecule has 8 rings (SSSR count). The number of imidazole rings is 1. The molecule has 0 saturated heterocycles. The summed E-state index contributed by atoms with van der Waals surface area (Å²) in [5.41, 5.74) is 8.48. The van der Waals surface area contributed by atoms with Crippen LogP contribution in [-0.4, -0.2) is 14.4 Å². The van der Waals surface area contributed by atoms with Gasteiger partial charge < -0.3 is 4.40 Å². The van der Waals surface area contributed by atoms with E-state index in [-0.39, 0.29) is 0 Å². The average Bonchev–Trinajstić information content (AvgIpc) is 3.45. The number of hydrogen-bond acceptors (Lipinski definition) is 2. The van der Waals surface area contributed by atoms with Crippen LogP contribution in [0, 0.1) is 0 Å². The molecule has 0 aliphatic carbocycles. The summed E-state index contributed by atoms with van der Waals surface area (Å²) in [5, 5.41) is 6.13. The third kappa shape index (κ3) is 3.59. The number of rotatable bonds is 3. The van der Waals surface area contributed by atoms with Gasteiger partial charge in [-0.1, -0.05) is 109 Å². The van der Waals surface area contributed by atoms with E-state index in [1.807, 2.05) is 18.2 Å². The molecule has 3 aromatic heterocycles. The summed E-state index contributed by atoms with van der Waals surface area (Å²) in [5.74, 6) is 0. The van der Waals surface area contributed by atoms with Gasteiger partial charge in [-0.2, -0.15) is 0 Å². The van der Waals surface area contributed by atoms with Gasteiger partial charge in [0.15, 0.2) is 0 Å². The van der Waals surface area contributed by atoms with Crippen LogP contribution in [0.25, 0.3) is 71.7 Å². The second-order valence-electron chi connectivity index (χ2n) is 9.94. The van der Waals surface area contributed by atoms with E-state index >= 15 is 0 Å². The Bertz CT molecular complexity index is 2140. The van der Waals surface area contributed by atoms with Crippen molar-refractivity contribution in [2.45, 2.75) is 0 Å². The van der Waals surface area contributed by atoms with Gasteiger partial charge in [-0.25, -0.2) is 9.97 Å². The predicted molar refractivity (Wildman–Crippen MR) is 162 cm³/mol. The van der Waals surface area contributed by atoms with E-state index < -0.39 is 0 Å². The first-order valence-corrected chi connectivity index (χ1v) is 13.2. The zero-order valence-electron chi connectivity index (χ0n) is 21.1. The van der Waals surface area contributed by atoms with Gasteiger partial charge in [0.1, 0.15) is 5.65 Å². The highest BCUT2D eigenvalue weighted by molar-refractivity contribution is 6.22. The molecule has 8 aromatic rings. The number of aromatic nitrogens is 3. The smallest absolute Gasteiger partial charge is 0.137 e. The van der Waals surface area contributed by atoms with Gasteiger partial charge in [0.05, 0.1) is 16.9 Å². The molecule has 0 aliphatic rings. The molecule has 0 bridgehead atoms. The summed E-state index contributed by atoms with van der Waals surface area (Å²) in [4.78, 5) is 9.94. The van der Waals surface area contributed by atoms with E-state index in [0.29, 0.717) is 0 Å². The standard InChI is InChI=1S/C36H23N3/c1-2-9-26(10-3-1)33-23-39-22-28(19-21-34(39)37-33)24-14-16-27(17-15-24)36-31-20-18-25-8-4-5-11-29(25)35(31)30-12-6-7-13-32(30)38-36/h1-23H. The number of pyridine rings is 2. The fourth-order valence-corrected chi connectivity index (χ4v) is 5.67. The van der Waals surface area contributed by atoms with E-state index in [4.69, 9.17) is 9.97 Å². The van der Waals surface area contributed by atoms with Crippen LogP contribution in [0.1, 0.15) is 0 Å². The highest BCUT2D eigenvalue weighted by Crippen LogP contribution is 2.37. The largest absolute Gasteiger partial charge is 0.306 e. The Morgan fingerprint density at radius 2 is 1.15 bits per heavy atom. The third-order valence-corrected chi connectivity index (χ3v) is 7.60. The van der Waals surface area contributed by atoms with Crippen molar-refractivity contribution in [3.63, 3.8) is 0 Å². The number of para-hydroxylation sites is 1. The summed E-state index contributed by atoms with van der Waals surface area (Å²) in [6.45, 7) is 0. The van der Waals surface area contributed by atoms with Crippen LogP contribution in [0.2, 0.25) is 0 Å². The third-order valence-electron chi connectivity index (χ3n) is 7.60.